The van der Waals surface area contributed by atoms with Crippen molar-refractivity contribution in [1.29, 1.82) is 0 Å². The first kappa shape index (κ1) is 17.2. The van der Waals surface area contributed by atoms with E-state index >= 15 is 0 Å². The number of carbonyl (C=O) groups is 1. The molecule has 3 aromatic rings. The van der Waals surface area contributed by atoms with Gasteiger partial charge in [-0.25, -0.2) is 4.79 Å². The van der Waals surface area contributed by atoms with Crippen molar-refractivity contribution in [1.82, 2.24) is 5.32 Å². The second-order valence-electron chi connectivity index (χ2n) is 5.45. The summed E-state index contributed by atoms with van der Waals surface area (Å²) < 4.78 is 11.2. The van der Waals surface area contributed by atoms with Crippen LogP contribution in [0.25, 0.3) is 10.8 Å². The number of rotatable bonds is 5. The number of hydrogen-bond acceptors (Lipinski definition) is 4. The molecule has 0 unspecified atom stereocenters. The molecule has 0 atom stereocenters. The van der Waals surface area contributed by atoms with Gasteiger partial charge in [0.1, 0.15) is 5.75 Å². The van der Waals surface area contributed by atoms with Gasteiger partial charge in [-0.2, -0.15) is 0 Å². The lowest BCUT2D eigenvalue weighted by Crippen LogP contribution is -2.26. The quantitative estimate of drug-likeness (QED) is 0.709. The molecule has 1 heterocycles. The van der Waals surface area contributed by atoms with Crippen LogP contribution in [0.3, 0.4) is 0 Å². The molecule has 0 radical (unpaired) electrons. The highest BCUT2D eigenvalue weighted by molar-refractivity contribution is 9.10. The third kappa shape index (κ3) is 3.91. The molecule has 0 aliphatic rings. The first-order valence-electron chi connectivity index (χ1n) is 7.72. The molecule has 6 heteroatoms. The summed E-state index contributed by atoms with van der Waals surface area (Å²) in [5, 5.41) is 3.86. The van der Waals surface area contributed by atoms with Crippen molar-refractivity contribution in [3.63, 3.8) is 0 Å². The molecular weight excluding hydrogens is 386 g/mol. The number of fused-ring (bicyclic) bond motifs is 1. The van der Waals surface area contributed by atoms with E-state index in [9.17, 15) is 9.59 Å². The summed E-state index contributed by atoms with van der Waals surface area (Å²) in [7, 11) is 1.61. The zero-order valence-corrected chi connectivity index (χ0v) is 15.1. The predicted molar refractivity (Wildman–Crippen MR) is 99.2 cm³/mol. The van der Waals surface area contributed by atoms with Gasteiger partial charge in [-0.05, 0) is 41.6 Å². The van der Waals surface area contributed by atoms with Gasteiger partial charge in [-0.1, -0.05) is 40.2 Å². The Morgan fingerprint density at radius 2 is 2.00 bits per heavy atom. The van der Waals surface area contributed by atoms with Gasteiger partial charge in [-0.15, -0.1) is 0 Å². The average Bonchev–Trinajstić information content (AvgIpc) is 2.62. The first-order chi connectivity index (χ1) is 12.1. The van der Waals surface area contributed by atoms with Crippen molar-refractivity contribution < 1.29 is 13.9 Å². The van der Waals surface area contributed by atoms with Crippen LogP contribution < -0.4 is 15.7 Å². The Kier molecular flexibility index (Phi) is 5.19. The zero-order valence-electron chi connectivity index (χ0n) is 13.5. The molecule has 25 heavy (non-hydrogen) atoms. The Morgan fingerprint density at radius 3 is 2.80 bits per heavy atom. The van der Waals surface area contributed by atoms with E-state index in [2.05, 4.69) is 21.2 Å². The molecule has 128 valence electrons. The standard InChI is InChI=1S/C19H16BrNO4/c1-24-16-5-3-2-4-12(16)8-9-21-18(22)17-10-13-6-7-14(20)11-15(13)19(23)25-17/h2-7,10-11H,8-9H2,1H3,(H,21,22). The molecular formula is C19H16BrNO4. The van der Waals surface area contributed by atoms with Crippen LogP contribution in [0.4, 0.5) is 0 Å². The minimum absolute atomic E-state index is 0.000140. The van der Waals surface area contributed by atoms with Crippen molar-refractivity contribution in [2.75, 3.05) is 13.7 Å². The SMILES string of the molecule is COc1ccccc1CCNC(=O)c1cc2ccc(Br)cc2c(=O)o1. The van der Waals surface area contributed by atoms with Gasteiger partial charge in [0.15, 0.2) is 5.76 Å². The molecule has 1 aromatic heterocycles. The predicted octanol–water partition coefficient (Wildman–Crippen LogP) is 3.54. The summed E-state index contributed by atoms with van der Waals surface area (Å²) in [5.74, 6) is 0.358. The highest BCUT2D eigenvalue weighted by Crippen LogP contribution is 2.19. The van der Waals surface area contributed by atoms with Crippen LogP contribution in [0.5, 0.6) is 5.75 Å². The smallest absolute Gasteiger partial charge is 0.344 e. The topological polar surface area (TPSA) is 68.5 Å². The minimum Gasteiger partial charge on any atom is -0.496 e. The van der Waals surface area contributed by atoms with Gasteiger partial charge < -0.3 is 14.5 Å². The van der Waals surface area contributed by atoms with Crippen molar-refractivity contribution in [3.8, 4) is 5.75 Å². The lowest BCUT2D eigenvalue weighted by molar-refractivity contribution is 0.0922. The van der Waals surface area contributed by atoms with Gasteiger partial charge >= 0.3 is 5.63 Å². The van der Waals surface area contributed by atoms with Crippen LogP contribution >= 0.6 is 15.9 Å². The molecule has 1 N–H and O–H groups in total. The summed E-state index contributed by atoms with van der Waals surface area (Å²) in [6.45, 7) is 0.404. The van der Waals surface area contributed by atoms with E-state index in [0.29, 0.717) is 23.7 Å². The van der Waals surface area contributed by atoms with Crippen LogP contribution in [0, 0.1) is 0 Å². The van der Waals surface area contributed by atoms with Crippen LogP contribution in [0.1, 0.15) is 16.1 Å². The number of ether oxygens (including phenoxy) is 1. The fraction of sp³-hybridized carbons (Fsp3) is 0.158. The summed E-state index contributed by atoms with van der Waals surface area (Å²) in [6.07, 6.45) is 0.612. The zero-order chi connectivity index (χ0) is 17.8. The van der Waals surface area contributed by atoms with E-state index in [1.165, 1.54) is 0 Å². The van der Waals surface area contributed by atoms with Gasteiger partial charge in [0.05, 0.1) is 12.5 Å². The third-order valence-electron chi connectivity index (χ3n) is 3.82. The van der Waals surface area contributed by atoms with E-state index < -0.39 is 11.5 Å². The van der Waals surface area contributed by atoms with E-state index in [0.717, 1.165) is 15.8 Å². The Balaban J connectivity index is 1.72. The van der Waals surface area contributed by atoms with Crippen molar-refractivity contribution in [3.05, 3.63) is 74.7 Å². The normalized spacial score (nSPS) is 10.6. The molecule has 0 bridgehead atoms. The molecule has 0 saturated carbocycles. The Labute approximate surface area is 152 Å². The largest absolute Gasteiger partial charge is 0.496 e. The average molecular weight is 402 g/mol. The number of methoxy groups -OCH3 is 1. The maximum absolute atomic E-state index is 12.3. The van der Waals surface area contributed by atoms with Crippen LogP contribution in [0.2, 0.25) is 0 Å². The highest BCUT2D eigenvalue weighted by atomic mass is 79.9. The molecule has 0 aliphatic heterocycles. The lowest BCUT2D eigenvalue weighted by Gasteiger charge is -2.09. The monoisotopic (exact) mass is 401 g/mol. The van der Waals surface area contributed by atoms with E-state index in [-0.39, 0.29) is 5.76 Å². The molecule has 0 saturated heterocycles. The van der Waals surface area contributed by atoms with Crippen LogP contribution in [-0.4, -0.2) is 19.6 Å². The Morgan fingerprint density at radius 1 is 1.20 bits per heavy atom. The van der Waals surface area contributed by atoms with E-state index in [1.807, 2.05) is 30.3 Å². The summed E-state index contributed by atoms with van der Waals surface area (Å²) in [5.41, 5.74) is 0.462. The lowest BCUT2D eigenvalue weighted by atomic mass is 10.1. The number of halogens is 1. The molecule has 0 aliphatic carbocycles. The molecule has 0 fully saturated rings. The fourth-order valence-corrected chi connectivity index (χ4v) is 2.94. The van der Waals surface area contributed by atoms with Crippen LogP contribution in [-0.2, 0) is 6.42 Å². The summed E-state index contributed by atoms with van der Waals surface area (Å²) >= 11 is 3.31. The number of nitrogens with one attached hydrogen (secondary N) is 1. The summed E-state index contributed by atoms with van der Waals surface area (Å²) in [6, 6.07) is 14.4. The molecule has 5 nitrogen and oxygen atoms in total. The van der Waals surface area contributed by atoms with Gasteiger partial charge in [0.2, 0.25) is 0 Å². The third-order valence-corrected chi connectivity index (χ3v) is 4.31. The van der Waals surface area contributed by atoms with E-state index in [1.54, 1.807) is 25.3 Å². The van der Waals surface area contributed by atoms with Crippen molar-refractivity contribution in [2.24, 2.45) is 0 Å². The number of amides is 1. The maximum atomic E-state index is 12.3. The molecule has 3 rings (SSSR count). The maximum Gasteiger partial charge on any atom is 0.344 e. The molecule has 2 aromatic carbocycles. The van der Waals surface area contributed by atoms with Crippen molar-refractivity contribution >= 4 is 32.6 Å². The second-order valence-corrected chi connectivity index (χ2v) is 6.36. The van der Waals surface area contributed by atoms with Gasteiger partial charge in [-0.3, -0.25) is 4.79 Å². The second kappa shape index (κ2) is 7.53. The number of benzene rings is 2. The number of carbonyl (C=O) groups excluding carboxylic acids is 1. The van der Waals surface area contributed by atoms with Crippen LogP contribution in [0.15, 0.2) is 62.2 Å². The van der Waals surface area contributed by atoms with Crippen molar-refractivity contribution in [2.45, 2.75) is 6.42 Å². The van der Waals surface area contributed by atoms with E-state index in [4.69, 9.17) is 9.15 Å². The summed E-state index contributed by atoms with van der Waals surface area (Å²) in [4.78, 5) is 24.3. The Bertz CT molecular complexity index is 981. The number of para-hydroxylation sites is 1. The van der Waals surface area contributed by atoms with Gasteiger partial charge in [0.25, 0.3) is 5.91 Å². The van der Waals surface area contributed by atoms with Gasteiger partial charge in [0, 0.05) is 11.0 Å². The fourth-order valence-electron chi connectivity index (χ4n) is 2.58. The highest BCUT2D eigenvalue weighted by Gasteiger charge is 2.12. The minimum atomic E-state index is -0.534. The first-order valence-corrected chi connectivity index (χ1v) is 8.51. The number of hydrogen-bond donors (Lipinski definition) is 1. The Hall–Kier alpha value is -2.60. The molecule has 1 amide bonds. The molecule has 0 spiro atoms.